The Hall–Kier alpha value is -3.46. The molecule has 0 saturated heterocycles. The van der Waals surface area contributed by atoms with E-state index in [1.165, 1.54) is 46.5 Å². The highest BCUT2D eigenvalue weighted by molar-refractivity contribution is 7.92. The van der Waals surface area contributed by atoms with Crippen LogP contribution in [0.5, 0.6) is 5.75 Å². The van der Waals surface area contributed by atoms with E-state index in [1.807, 2.05) is 0 Å². The lowest BCUT2D eigenvalue weighted by molar-refractivity contribution is 0.415. The van der Waals surface area contributed by atoms with Crippen LogP contribution in [0.15, 0.2) is 78.1 Å². The predicted molar refractivity (Wildman–Crippen MR) is 106 cm³/mol. The van der Waals surface area contributed by atoms with E-state index in [9.17, 15) is 12.8 Å². The molecular formula is C20H17FN4O3S. The Morgan fingerprint density at radius 2 is 1.90 bits per heavy atom. The zero-order chi connectivity index (χ0) is 20.4. The fourth-order valence-electron chi connectivity index (χ4n) is 2.95. The van der Waals surface area contributed by atoms with Gasteiger partial charge >= 0.3 is 0 Å². The van der Waals surface area contributed by atoms with Crippen molar-refractivity contribution in [1.82, 2.24) is 14.6 Å². The molecule has 2 aromatic carbocycles. The highest BCUT2D eigenvalue weighted by atomic mass is 32.2. The van der Waals surface area contributed by atoms with Crippen LogP contribution in [-0.4, -0.2) is 30.1 Å². The molecule has 0 amide bonds. The number of sulfonamides is 1. The molecule has 9 heteroatoms. The number of rotatable bonds is 6. The monoisotopic (exact) mass is 412 g/mol. The Morgan fingerprint density at radius 3 is 2.62 bits per heavy atom. The summed E-state index contributed by atoms with van der Waals surface area (Å²) < 4.78 is 48.6. The van der Waals surface area contributed by atoms with Crippen LogP contribution in [0.2, 0.25) is 0 Å². The Bertz CT molecular complexity index is 1260. The normalized spacial score (nSPS) is 11.5. The molecule has 0 saturated carbocycles. The first-order valence-corrected chi connectivity index (χ1v) is 10.1. The number of benzene rings is 2. The van der Waals surface area contributed by atoms with Crippen LogP contribution >= 0.6 is 0 Å². The minimum Gasteiger partial charge on any atom is -0.497 e. The van der Waals surface area contributed by atoms with Gasteiger partial charge in [0.15, 0.2) is 5.65 Å². The summed E-state index contributed by atoms with van der Waals surface area (Å²) in [5, 5.41) is 7.66. The molecule has 2 heterocycles. The van der Waals surface area contributed by atoms with Gasteiger partial charge in [-0.15, -0.1) is 10.2 Å². The van der Waals surface area contributed by atoms with Crippen molar-refractivity contribution in [3.63, 3.8) is 0 Å². The quantitative estimate of drug-likeness (QED) is 0.486. The SMILES string of the molecule is COc1ccc(N(Cc2cccc(F)c2)S(=O)(=O)c2ccc3nncn3c2)cc1. The number of nitrogens with zero attached hydrogens (tertiary/aromatic N) is 4. The second-order valence-electron chi connectivity index (χ2n) is 6.30. The average molecular weight is 412 g/mol. The highest BCUT2D eigenvalue weighted by Gasteiger charge is 2.26. The molecule has 148 valence electrons. The van der Waals surface area contributed by atoms with Crippen LogP contribution < -0.4 is 9.04 Å². The Kier molecular flexibility index (Phi) is 4.89. The molecule has 7 nitrogen and oxygen atoms in total. The maximum Gasteiger partial charge on any atom is 0.266 e. The topological polar surface area (TPSA) is 76.8 Å². The third kappa shape index (κ3) is 3.77. The fourth-order valence-corrected chi connectivity index (χ4v) is 4.41. The molecule has 0 spiro atoms. The summed E-state index contributed by atoms with van der Waals surface area (Å²) in [7, 11) is -2.43. The summed E-state index contributed by atoms with van der Waals surface area (Å²) in [5.41, 5.74) is 1.48. The minimum absolute atomic E-state index is 0.0351. The van der Waals surface area contributed by atoms with Crippen LogP contribution in [0.25, 0.3) is 5.65 Å². The van der Waals surface area contributed by atoms with Gasteiger partial charge in [0.25, 0.3) is 10.0 Å². The maximum atomic E-state index is 13.7. The Morgan fingerprint density at radius 1 is 1.10 bits per heavy atom. The lowest BCUT2D eigenvalue weighted by Gasteiger charge is -2.25. The molecule has 0 unspecified atom stereocenters. The molecule has 0 aliphatic carbocycles. The number of hydrogen-bond acceptors (Lipinski definition) is 5. The van der Waals surface area contributed by atoms with Crippen molar-refractivity contribution in [3.05, 3.63) is 84.6 Å². The van der Waals surface area contributed by atoms with Crippen LogP contribution in [0.3, 0.4) is 0 Å². The number of halogens is 1. The summed E-state index contributed by atoms with van der Waals surface area (Å²) in [6.07, 6.45) is 2.88. The number of hydrogen-bond donors (Lipinski definition) is 0. The lowest BCUT2D eigenvalue weighted by atomic mass is 10.2. The summed E-state index contributed by atoms with van der Waals surface area (Å²) >= 11 is 0. The first-order chi connectivity index (χ1) is 14.0. The molecule has 0 bridgehead atoms. The van der Waals surface area contributed by atoms with E-state index >= 15 is 0 Å². The smallest absolute Gasteiger partial charge is 0.266 e. The van der Waals surface area contributed by atoms with Gasteiger partial charge in [-0.1, -0.05) is 12.1 Å². The number of anilines is 1. The third-order valence-electron chi connectivity index (χ3n) is 4.43. The van der Waals surface area contributed by atoms with E-state index in [-0.39, 0.29) is 11.4 Å². The molecule has 0 atom stereocenters. The Balaban J connectivity index is 1.80. The second-order valence-corrected chi connectivity index (χ2v) is 8.16. The largest absolute Gasteiger partial charge is 0.497 e. The standard InChI is InChI=1S/C20H17FN4O3S/c1-28-18-7-5-17(6-8-18)25(12-15-3-2-4-16(21)11-15)29(26,27)19-9-10-20-23-22-14-24(20)13-19/h2-11,13-14H,12H2,1H3. The van der Waals surface area contributed by atoms with Crippen LogP contribution in [0.4, 0.5) is 10.1 Å². The summed E-state index contributed by atoms with van der Waals surface area (Å²) in [6.45, 7) is -0.0351. The van der Waals surface area contributed by atoms with Gasteiger partial charge < -0.3 is 4.74 Å². The van der Waals surface area contributed by atoms with E-state index < -0.39 is 15.8 Å². The molecule has 4 rings (SSSR count). The van der Waals surface area contributed by atoms with Gasteiger partial charge in [-0.05, 0) is 54.1 Å². The third-order valence-corrected chi connectivity index (χ3v) is 6.18. The molecule has 4 aromatic rings. The van der Waals surface area contributed by atoms with E-state index in [4.69, 9.17) is 4.74 Å². The molecule has 0 N–H and O–H groups in total. The van der Waals surface area contributed by atoms with Gasteiger partial charge in [0.1, 0.15) is 22.8 Å². The van der Waals surface area contributed by atoms with E-state index in [0.29, 0.717) is 22.6 Å². The average Bonchev–Trinajstić information content (AvgIpc) is 3.20. The molecule has 0 radical (unpaired) electrons. The van der Waals surface area contributed by atoms with Gasteiger partial charge in [-0.2, -0.15) is 0 Å². The van der Waals surface area contributed by atoms with Crippen LogP contribution in [0, 0.1) is 5.82 Å². The minimum atomic E-state index is -3.96. The molecule has 0 aliphatic rings. The summed E-state index contributed by atoms with van der Waals surface area (Å²) in [6, 6.07) is 15.5. The maximum absolute atomic E-state index is 13.7. The molecule has 2 aromatic heterocycles. The number of methoxy groups -OCH3 is 1. The number of aromatic nitrogens is 3. The van der Waals surface area contributed by atoms with Gasteiger partial charge in [0.2, 0.25) is 0 Å². The van der Waals surface area contributed by atoms with Crippen molar-refractivity contribution in [3.8, 4) is 5.75 Å². The zero-order valence-electron chi connectivity index (χ0n) is 15.4. The first kappa shape index (κ1) is 18.9. The molecule has 29 heavy (non-hydrogen) atoms. The number of pyridine rings is 1. The molecule has 0 aliphatic heterocycles. The first-order valence-electron chi connectivity index (χ1n) is 8.68. The van der Waals surface area contributed by atoms with Crippen molar-refractivity contribution < 1.29 is 17.5 Å². The molecular weight excluding hydrogens is 395 g/mol. The van der Waals surface area contributed by atoms with Crippen molar-refractivity contribution in [1.29, 1.82) is 0 Å². The van der Waals surface area contributed by atoms with Crippen molar-refractivity contribution in [2.45, 2.75) is 11.4 Å². The van der Waals surface area contributed by atoms with Gasteiger partial charge in [0.05, 0.1) is 19.3 Å². The van der Waals surface area contributed by atoms with Gasteiger partial charge in [-0.25, -0.2) is 12.8 Å². The fraction of sp³-hybridized carbons (Fsp3) is 0.100. The van der Waals surface area contributed by atoms with Crippen molar-refractivity contribution in [2.24, 2.45) is 0 Å². The van der Waals surface area contributed by atoms with Crippen molar-refractivity contribution in [2.75, 3.05) is 11.4 Å². The zero-order valence-corrected chi connectivity index (χ0v) is 16.3. The van der Waals surface area contributed by atoms with Gasteiger partial charge in [0, 0.05) is 6.20 Å². The van der Waals surface area contributed by atoms with Crippen molar-refractivity contribution >= 4 is 21.4 Å². The Labute approximate surface area is 167 Å². The summed E-state index contributed by atoms with van der Waals surface area (Å²) in [5.74, 6) is 0.170. The van der Waals surface area contributed by atoms with Crippen LogP contribution in [-0.2, 0) is 16.6 Å². The summed E-state index contributed by atoms with van der Waals surface area (Å²) in [4.78, 5) is 0.0667. The second kappa shape index (κ2) is 7.51. The number of ether oxygens (including phenoxy) is 1. The van der Waals surface area contributed by atoms with E-state index in [0.717, 1.165) is 0 Å². The number of fused-ring (bicyclic) bond motifs is 1. The molecule has 0 fully saturated rings. The highest BCUT2D eigenvalue weighted by Crippen LogP contribution is 2.28. The van der Waals surface area contributed by atoms with E-state index in [2.05, 4.69) is 10.2 Å². The lowest BCUT2D eigenvalue weighted by Crippen LogP contribution is -2.30. The van der Waals surface area contributed by atoms with Crippen LogP contribution in [0.1, 0.15) is 5.56 Å². The van der Waals surface area contributed by atoms with E-state index in [1.54, 1.807) is 42.5 Å². The van der Waals surface area contributed by atoms with Gasteiger partial charge in [-0.3, -0.25) is 8.71 Å². The predicted octanol–water partition coefficient (Wildman–Crippen LogP) is 3.27.